The molecule has 1 amide bonds. The van der Waals surface area contributed by atoms with E-state index in [1.165, 1.54) is 0 Å². The fourth-order valence-electron chi connectivity index (χ4n) is 4.53. The summed E-state index contributed by atoms with van der Waals surface area (Å²) in [7, 11) is -1.88. The second-order valence-corrected chi connectivity index (χ2v) is 10.9. The van der Waals surface area contributed by atoms with Gasteiger partial charge in [-0.2, -0.15) is 0 Å². The Balaban J connectivity index is 1.55. The molecule has 7 heteroatoms. The van der Waals surface area contributed by atoms with E-state index in [1.54, 1.807) is 36.2 Å². The topological polar surface area (TPSA) is 78.5 Å². The van der Waals surface area contributed by atoms with Crippen molar-refractivity contribution in [1.29, 1.82) is 0 Å². The number of rotatable bonds is 8. The van der Waals surface area contributed by atoms with Crippen molar-refractivity contribution >= 4 is 26.7 Å². The van der Waals surface area contributed by atoms with Gasteiger partial charge in [-0.15, -0.1) is 0 Å². The van der Waals surface area contributed by atoms with Crippen LogP contribution in [-0.2, 0) is 21.2 Å². The monoisotopic (exact) mass is 479 g/mol. The van der Waals surface area contributed by atoms with Crippen LogP contribution in [0.1, 0.15) is 24.0 Å². The Morgan fingerprint density at radius 1 is 1.03 bits per heavy atom. The number of aryl methyl sites for hydroxylation is 1. The summed E-state index contributed by atoms with van der Waals surface area (Å²) in [5.41, 5.74) is 2.07. The van der Waals surface area contributed by atoms with Crippen LogP contribution in [-0.4, -0.2) is 51.9 Å². The van der Waals surface area contributed by atoms with Crippen LogP contribution < -0.4 is 10.0 Å². The first-order chi connectivity index (χ1) is 16.3. The quantitative estimate of drug-likeness (QED) is 0.518. The van der Waals surface area contributed by atoms with Gasteiger partial charge < -0.3 is 10.2 Å². The van der Waals surface area contributed by atoms with Crippen LogP contribution in [0.4, 0.5) is 0 Å². The molecule has 1 saturated heterocycles. The van der Waals surface area contributed by atoms with E-state index < -0.39 is 10.0 Å². The Morgan fingerprint density at radius 3 is 2.41 bits per heavy atom. The van der Waals surface area contributed by atoms with Crippen LogP contribution in [0.3, 0.4) is 0 Å². The summed E-state index contributed by atoms with van der Waals surface area (Å²) in [5.74, 6) is 0.0564. The molecule has 1 heterocycles. The third kappa shape index (κ3) is 5.84. The molecule has 1 aliphatic rings. The maximum absolute atomic E-state index is 13.3. The largest absolute Gasteiger partial charge is 0.341 e. The van der Waals surface area contributed by atoms with E-state index in [0.717, 1.165) is 47.8 Å². The van der Waals surface area contributed by atoms with E-state index in [2.05, 4.69) is 40.4 Å². The van der Waals surface area contributed by atoms with E-state index in [-0.39, 0.29) is 29.3 Å². The summed E-state index contributed by atoms with van der Waals surface area (Å²) >= 11 is 0. The molecule has 4 rings (SSSR count). The fourth-order valence-corrected chi connectivity index (χ4v) is 5.60. The van der Waals surface area contributed by atoms with Gasteiger partial charge >= 0.3 is 0 Å². The molecule has 0 bridgehead atoms. The molecule has 0 radical (unpaired) electrons. The van der Waals surface area contributed by atoms with Crippen LogP contribution in [0, 0.1) is 12.8 Å². The number of likely N-dealkylation sites (N-methyl/N-ethyl adjacent to an activating group) is 1. The van der Waals surface area contributed by atoms with E-state index in [9.17, 15) is 13.2 Å². The highest BCUT2D eigenvalue weighted by molar-refractivity contribution is 7.89. The number of fused-ring (bicyclic) bond motifs is 1. The normalized spacial score (nSPS) is 15.8. The molecule has 34 heavy (non-hydrogen) atoms. The first-order valence-corrected chi connectivity index (χ1v) is 13.3. The van der Waals surface area contributed by atoms with Crippen molar-refractivity contribution in [1.82, 2.24) is 14.9 Å². The smallest absolute Gasteiger partial charge is 0.240 e. The Bertz CT molecular complexity index is 1240. The molecular weight excluding hydrogens is 446 g/mol. The lowest BCUT2D eigenvalue weighted by atomic mass is 9.95. The van der Waals surface area contributed by atoms with Crippen molar-refractivity contribution in [2.24, 2.45) is 5.92 Å². The van der Waals surface area contributed by atoms with Crippen molar-refractivity contribution in [3.05, 3.63) is 77.9 Å². The predicted molar refractivity (Wildman–Crippen MR) is 136 cm³/mol. The second-order valence-electron chi connectivity index (χ2n) is 9.18. The molecule has 0 aliphatic carbocycles. The molecule has 3 aromatic carbocycles. The summed E-state index contributed by atoms with van der Waals surface area (Å²) in [4.78, 5) is 15.3. The van der Waals surface area contributed by atoms with Crippen molar-refractivity contribution in [3.8, 4) is 0 Å². The van der Waals surface area contributed by atoms with E-state index in [0.29, 0.717) is 6.42 Å². The van der Waals surface area contributed by atoms with Crippen molar-refractivity contribution in [2.45, 2.75) is 37.1 Å². The highest BCUT2D eigenvalue weighted by atomic mass is 32.2. The van der Waals surface area contributed by atoms with Gasteiger partial charge in [-0.1, -0.05) is 60.2 Å². The van der Waals surface area contributed by atoms with Crippen molar-refractivity contribution in [3.63, 3.8) is 0 Å². The molecule has 180 valence electrons. The summed E-state index contributed by atoms with van der Waals surface area (Å²) in [6.07, 6.45) is 2.18. The maximum atomic E-state index is 13.3. The highest BCUT2D eigenvalue weighted by Gasteiger charge is 2.29. The number of carbonyl (C=O) groups excluding carboxylic acids is 1. The van der Waals surface area contributed by atoms with E-state index in [4.69, 9.17) is 0 Å². The first-order valence-electron chi connectivity index (χ1n) is 11.8. The third-order valence-electron chi connectivity index (χ3n) is 6.71. The molecule has 1 unspecified atom stereocenters. The number of amides is 1. The summed E-state index contributed by atoms with van der Waals surface area (Å²) in [5, 5.41) is 5.58. The zero-order chi connectivity index (χ0) is 24.1. The van der Waals surface area contributed by atoms with Crippen LogP contribution >= 0.6 is 0 Å². The average Bonchev–Trinajstić information content (AvgIpc) is 2.86. The summed E-state index contributed by atoms with van der Waals surface area (Å²) < 4.78 is 28.6. The van der Waals surface area contributed by atoms with Gasteiger partial charge in [0.15, 0.2) is 0 Å². The van der Waals surface area contributed by atoms with Crippen LogP contribution in [0.25, 0.3) is 10.8 Å². The Kier molecular flexibility index (Phi) is 7.66. The van der Waals surface area contributed by atoms with Gasteiger partial charge in [0.2, 0.25) is 15.9 Å². The summed E-state index contributed by atoms with van der Waals surface area (Å²) in [6, 6.07) is 20.9. The fraction of sp³-hybridized carbons (Fsp3) is 0.370. The predicted octanol–water partition coefficient (Wildman–Crippen LogP) is 3.50. The Morgan fingerprint density at radius 2 is 1.71 bits per heavy atom. The molecule has 1 atom stereocenters. The number of carbonyl (C=O) groups is 1. The first kappa shape index (κ1) is 24.4. The lowest BCUT2D eigenvalue weighted by Crippen LogP contribution is -2.49. The second kappa shape index (κ2) is 10.7. The van der Waals surface area contributed by atoms with Crippen LogP contribution in [0.2, 0.25) is 0 Å². The average molecular weight is 480 g/mol. The number of hydrogen-bond acceptors (Lipinski definition) is 4. The van der Waals surface area contributed by atoms with Gasteiger partial charge in [0.1, 0.15) is 0 Å². The molecule has 1 fully saturated rings. The Hall–Kier alpha value is -2.74. The van der Waals surface area contributed by atoms with Gasteiger partial charge in [-0.05, 0) is 67.7 Å². The minimum absolute atomic E-state index is 0.0286. The number of nitrogens with one attached hydrogen (secondary N) is 2. The lowest BCUT2D eigenvalue weighted by molar-refractivity contribution is -0.137. The molecule has 0 aromatic heterocycles. The number of hydrogen-bond donors (Lipinski definition) is 2. The van der Waals surface area contributed by atoms with Gasteiger partial charge in [0, 0.05) is 25.6 Å². The lowest BCUT2D eigenvalue weighted by Gasteiger charge is -2.33. The molecular formula is C27H33N3O3S. The molecule has 1 aliphatic heterocycles. The number of sulfonamides is 1. The molecule has 0 saturated carbocycles. The highest BCUT2D eigenvalue weighted by Crippen LogP contribution is 2.21. The summed E-state index contributed by atoms with van der Waals surface area (Å²) in [6.45, 7) is 3.74. The number of piperidine rings is 1. The SMILES string of the molecule is Cc1ccc(S(=O)(=O)NCC(Cc2ccc3ccccc3c2)N(C)C(=O)C2CCNCC2)cc1. The minimum atomic E-state index is -3.68. The zero-order valence-corrected chi connectivity index (χ0v) is 20.6. The van der Waals surface area contributed by atoms with Gasteiger partial charge in [-0.25, -0.2) is 13.1 Å². The van der Waals surface area contributed by atoms with Crippen LogP contribution in [0.15, 0.2) is 71.6 Å². The number of benzene rings is 3. The van der Waals surface area contributed by atoms with Crippen LogP contribution in [0.5, 0.6) is 0 Å². The van der Waals surface area contributed by atoms with E-state index in [1.807, 2.05) is 19.1 Å². The number of nitrogens with zero attached hydrogens (tertiary/aromatic N) is 1. The Labute approximate surface area is 202 Å². The van der Waals surface area contributed by atoms with E-state index >= 15 is 0 Å². The van der Waals surface area contributed by atoms with Gasteiger partial charge in [-0.3, -0.25) is 4.79 Å². The molecule has 3 aromatic rings. The van der Waals surface area contributed by atoms with Gasteiger partial charge in [0.05, 0.1) is 4.90 Å². The maximum Gasteiger partial charge on any atom is 0.240 e. The molecule has 0 spiro atoms. The standard InChI is InChI=1S/C27H33N3O3S/c1-20-7-11-26(12-8-20)34(32,33)29-19-25(30(2)27(31)23-13-15-28-16-14-23)18-21-9-10-22-5-3-4-6-24(22)17-21/h3-12,17,23,25,28-29H,13-16,18-19H2,1-2H3. The molecule has 2 N–H and O–H groups in total. The molecule has 6 nitrogen and oxygen atoms in total. The zero-order valence-electron chi connectivity index (χ0n) is 19.8. The third-order valence-corrected chi connectivity index (χ3v) is 8.15. The van der Waals surface area contributed by atoms with Gasteiger partial charge in [0.25, 0.3) is 0 Å². The minimum Gasteiger partial charge on any atom is -0.341 e. The van der Waals surface area contributed by atoms with Crippen molar-refractivity contribution in [2.75, 3.05) is 26.7 Å². The van der Waals surface area contributed by atoms with Crippen molar-refractivity contribution < 1.29 is 13.2 Å².